The molecule has 0 aliphatic rings. The monoisotopic (exact) mass is 348 g/mol. The molecule has 130 valence electrons. The lowest BCUT2D eigenvalue weighted by atomic mass is 10.1. The summed E-state index contributed by atoms with van der Waals surface area (Å²) in [5.74, 6) is -3.09. The van der Waals surface area contributed by atoms with Crippen LogP contribution in [0.15, 0.2) is 24.3 Å². The van der Waals surface area contributed by atoms with Crippen molar-refractivity contribution in [2.75, 3.05) is 13.1 Å². The Morgan fingerprint density at radius 2 is 1.96 bits per heavy atom. The second-order valence-electron chi connectivity index (χ2n) is 6.37. The number of carbonyl (C=O) groups is 1. The molecule has 1 aromatic rings. The molecule has 0 saturated carbocycles. The van der Waals surface area contributed by atoms with Gasteiger partial charge in [-0.05, 0) is 45.4 Å². The summed E-state index contributed by atoms with van der Waals surface area (Å²) in [5.41, 5.74) is 0.0898. The van der Waals surface area contributed by atoms with Crippen LogP contribution in [0.4, 0.5) is 13.6 Å². The van der Waals surface area contributed by atoms with Gasteiger partial charge in [0, 0.05) is 11.1 Å². The summed E-state index contributed by atoms with van der Waals surface area (Å²) in [6.07, 6.45) is -0.861. The zero-order valence-electron chi connectivity index (χ0n) is 13.8. The second kappa shape index (κ2) is 7.93. The Morgan fingerprint density at radius 1 is 1.30 bits per heavy atom. The van der Waals surface area contributed by atoms with E-state index < -0.39 is 30.7 Å². The molecule has 23 heavy (non-hydrogen) atoms. The number of benzene rings is 1. The van der Waals surface area contributed by atoms with E-state index in [0.29, 0.717) is 5.02 Å². The number of carbonyl (C=O) groups excluding carboxylic acids is 1. The fourth-order valence-corrected chi connectivity index (χ4v) is 1.97. The van der Waals surface area contributed by atoms with E-state index in [9.17, 15) is 13.6 Å². The third-order valence-electron chi connectivity index (χ3n) is 2.91. The van der Waals surface area contributed by atoms with Gasteiger partial charge in [-0.2, -0.15) is 0 Å². The molecule has 4 nitrogen and oxygen atoms in total. The summed E-state index contributed by atoms with van der Waals surface area (Å²) >= 11 is 5.88. The van der Waals surface area contributed by atoms with Gasteiger partial charge in [0.25, 0.3) is 5.92 Å². The first-order chi connectivity index (χ1) is 10.5. The van der Waals surface area contributed by atoms with Crippen molar-refractivity contribution in [2.24, 2.45) is 0 Å². The van der Waals surface area contributed by atoms with Crippen LogP contribution in [-0.2, 0) is 4.74 Å². The molecule has 2 N–H and O–H groups in total. The number of hydrogen-bond donors (Lipinski definition) is 2. The van der Waals surface area contributed by atoms with Gasteiger partial charge < -0.3 is 15.4 Å². The van der Waals surface area contributed by atoms with Gasteiger partial charge in [-0.15, -0.1) is 0 Å². The first-order valence-corrected chi connectivity index (χ1v) is 7.70. The van der Waals surface area contributed by atoms with E-state index in [2.05, 4.69) is 10.6 Å². The van der Waals surface area contributed by atoms with Crippen molar-refractivity contribution in [1.29, 1.82) is 0 Å². The maximum atomic E-state index is 13.8. The van der Waals surface area contributed by atoms with Crippen LogP contribution >= 0.6 is 11.6 Å². The van der Waals surface area contributed by atoms with Crippen molar-refractivity contribution in [3.05, 3.63) is 34.9 Å². The number of amides is 1. The lowest BCUT2D eigenvalue weighted by molar-refractivity contribution is -0.00525. The molecule has 0 fully saturated rings. The van der Waals surface area contributed by atoms with Crippen molar-refractivity contribution in [3.8, 4) is 0 Å². The van der Waals surface area contributed by atoms with Crippen molar-refractivity contribution in [3.63, 3.8) is 0 Å². The maximum absolute atomic E-state index is 13.8. The zero-order valence-corrected chi connectivity index (χ0v) is 14.5. The van der Waals surface area contributed by atoms with Crippen molar-refractivity contribution in [1.82, 2.24) is 10.6 Å². The predicted octanol–water partition coefficient (Wildman–Crippen LogP) is 4.15. The third-order valence-corrected chi connectivity index (χ3v) is 3.14. The van der Waals surface area contributed by atoms with Crippen LogP contribution in [-0.4, -0.2) is 30.7 Å². The summed E-state index contributed by atoms with van der Waals surface area (Å²) in [7, 11) is 0. The molecule has 0 aromatic heterocycles. The fourth-order valence-electron chi connectivity index (χ4n) is 1.77. The number of rotatable bonds is 6. The van der Waals surface area contributed by atoms with Gasteiger partial charge in [0.2, 0.25) is 0 Å². The molecule has 1 atom stereocenters. The van der Waals surface area contributed by atoms with E-state index in [1.807, 2.05) is 0 Å². The van der Waals surface area contributed by atoms with Crippen LogP contribution in [0.3, 0.4) is 0 Å². The van der Waals surface area contributed by atoms with Gasteiger partial charge in [0.1, 0.15) is 5.60 Å². The molecular weight excluding hydrogens is 326 g/mol. The van der Waals surface area contributed by atoms with Gasteiger partial charge >= 0.3 is 6.09 Å². The van der Waals surface area contributed by atoms with Gasteiger partial charge in [-0.1, -0.05) is 23.7 Å². The molecule has 0 spiro atoms. The van der Waals surface area contributed by atoms with E-state index in [1.54, 1.807) is 52.0 Å². The Morgan fingerprint density at radius 3 is 2.52 bits per heavy atom. The highest BCUT2D eigenvalue weighted by molar-refractivity contribution is 6.30. The molecule has 1 unspecified atom stereocenters. The number of alkyl carbamates (subject to hydrolysis) is 1. The molecule has 1 rings (SSSR count). The zero-order chi connectivity index (χ0) is 17.7. The smallest absolute Gasteiger partial charge is 0.407 e. The van der Waals surface area contributed by atoms with Crippen LogP contribution in [0.1, 0.15) is 39.3 Å². The maximum Gasteiger partial charge on any atom is 0.407 e. The summed E-state index contributed by atoms with van der Waals surface area (Å²) in [5, 5.41) is 5.37. The van der Waals surface area contributed by atoms with Crippen molar-refractivity contribution >= 4 is 17.7 Å². The average Bonchev–Trinajstić information content (AvgIpc) is 2.41. The van der Waals surface area contributed by atoms with Gasteiger partial charge in [-0.25, -0.2) is 13.6 Å². The Labute approximate surface area is 140 Å². The Bertz CT molecular complexity index is 533. The third kappa shape index (κ3) is 8.13. The topological polar surface area (TPSA) is 50.4 Å². The van der Waals surface area contributed by atoms with E-state index in [-0.39, 0.29) is 6.04 Å². The normalized spacial score (nSPS) is 13.5. The summed E-state index contributed by atoms with van der Waals surface area (Å²) in [4.78, 5) is 11.4. The summed E-state index contributed by atoms with van der Waals surface area (Å²) in [6.45, 7) is 5.40. The largest absolute Gasteiger partial charge is 0.444 e. The lowest BCUT2D eigenvalue weighted by Gasteiger charge is -2.23. The van der Waals surface area contributed by atoms with Gasteiger partial charge in [0.05, 0.1) is 13.1 Å². The summed E-state index contributed by atoms with van der Waals surface area (Å²) < 4.78 is 32.5. The average molecular weight is 349 g/mol. The number of hydrogen-bond acceptors (Lipinski definition) is 3. The van der Waals surface area contributed by atoms with Crippen LogP contribution < -0.4 is 10.6 Å². The molecule has 0 radical (unpaired) electrons. The highest BCUT2D eigenvalue weighted by Crippen LogP contribution is 2.19. The highest BCUT2D eigenvalue weighted by Gasteiger charge is 2.30. The Balaban J connectivity index is 2.44. The van der Waals surface area contributed by atoms with E-state index >= 15 is 0 Å². The first-order valence-electron chi connectivity index (χ1n) is 7.32. The van der Waals surface area contributed by atoms with Crippen molar-refractivity contribution < 1.29 is 18.3 Å². The summed E-state index contributed by atoms with van der Waals surface area (Å²) in [6, 6.07) is 6.72. The van der Waals surface area contributed by atoms with Crippen LogP contribution in [0.25, 0.3) is 0 Å². The van der Waals surface area contributed by atoms with Gasteiger partial charge in [0.15, 0.2) is 0 Å². The first kappa shape index (κ1) is 19.6. The fraction of sp³-hybridized carbons (Fsp3) is 0.562. The minimum Gasteiger partial charge on any atom is -0.444 e. The minimum absolute atomic E-state index is 0.291. The molecule has 0 aliphatic carbocycles. The lowest BCUT2D eigenvalue weighted by Crippen LogP contribution is -2.45. The number of alkyl halides is 2. The molecule has 1 amide bonds. The van der Waals surface area contributed by atoms with E-state index in [4.69, 9.17) is 16.3 Å². The molecule has 0 saturated heterocycles. The second-order valence-corrected chi connectivity index (χ2v) is 6.81. The number of ether oxygens (including phenoxy) is 1. The molecule has 1 aromatic carbocycles. The molecular formula is C16H23ClF2N2O2. The van der Waals surface area contributed by atoms with Crippen LogP contribution in [0.5, 0.6) is 0 Å². The molecule has 0 heterocycles. The number of nitrogens with one attached hydrogen (secondary N) is 2. The van der Waals surface area contributed by atoms with Crippen molar-refractivity contribution in [2.45, 2.75) is 45.3 Å². The van der Waals surface area contributed by atoms with E-state index in [0.717, 1.165) is 5.56 Å². The van der Waals surface area contributed by atoms with Crippen LogP contribution in [0, 0.1) is 0 Å². The quantitative estimate of drug-likeness (QED) is 0.812. The van der Waals surface area contributed by atoms with Crippen LogP contribution in [0.2, 0.25) is 5.02 Å². The standard InChI is InChI=1S/C16H23ClF2N2O2/c1-11(12-6-5-7-13(17)8-12)20-9-16(18,19)10-21-14(22)23-15(2,3)4/h5-8,11,20H,9-10H2,1-4H3,(H,21,22). The predicted molar refractivity (Wildman–Crippen MR) is 87.1 cm³/mol. The molecule has 7 heteroatoms. The van der Waals surface area contributed by atoms with Gasteiger partial charge in [-0.3, -0.25) is 0 Å². The number of halogens is 3. The molecule has 0 aliphatic heterocycles. The molecule has 0 bridgehead atoms. The Kier molecular flexibility index (Phi) is 6.77. The van der Waals surface area contributed by atoms with E-state index in [1.165, 1.54) is 0 Å². The SMILES string of the molecule is CC(NCC(F)(F)CNC(=O)OC(C)(C)C)c1cccc(Cl)c1. The Hall–Kier alpha value is -1.40. The minimum atomic E-state index is -3.09. The highest BCUT2D eigenvalue weighted by atomic mass is 35.5.